The second-order valence-electron chi connectivity index (χ2n) is 8.41. The number of carbonyl (C=O) groups excluding carboxylic acids is 2. The fourth-order valence-corrected chi connectivity index (χ4v) is 4.20. The number of esters is 1. The minimum Gasteiger partial charge on any atom is -0.458 e. The van der Waals surface area contributed by atoms with E-state index in [1.54, 1.807) is 6.08 Å². The second-order valence-corrected chi connectivity index (χ2v) is 8.41. The number of dihydropyridines is 1. The van der Waals surface area contributed by atoms with Crippen molar-refractivity contribution in [2.24, 2.45) is 5.41 Å². The Balaban J connectivity index is 2.13. The Kier molecular flexibility index (Phi) is 5.59. The van der Waals surface area contributed by atoms with Crippen molar-refractivity contribution in [2.75, 3.05) is 6.61 Å². The Morgan fingerprint density at radius 2 is 1.96 bits per heavy atom. The van der Waals surface area contributed by atoms with Gasteiger partial charge in [-0.25, -0.2) is 4.79 Å². The molecule has 1 N–H and O–H groups in total. The van der Waals surface area contributed by atoms with Gasteiger partial charge in [-0.2, -0.15) is 0 Å². The second kappa shape index (κ2) is 7.78. The lowest BCUT2D eigenvalue weighted by Gasteiger charge is -2.39. The van der Waals surface area contributed by atoms with E-state index in [9.17, 15) is 9.59 Å². The third-order valence-corrected chi connectivity index (χ3v) is 5.51. The van der Waals surface area contributed by atoms with E-state index in [0.29, 0.717) is 17.6 Å². The third kappa shape index (κ3) is 3.82. The van der Waals surface area contributed by atoms with Crippen LogP contribution >= 0.6 is 0 Å². The molecule has 0 radical (unpaired) electrons. The summed E-state index contributed by atoms with van der Waals surface area (Å²) in [5, 5.41) is 3.35. The number of allylic oxidation sites excluding steroid dienone is 3. The summed E-state index contributed by atoms with van der Waals surface area (Å²) in [6.07, 6.45) is 3.75. The van der Waals surface area contributed by atoms with Crippen molar-refractivity contribution in [2.45, 2.75) is 52.9 Å². The molecule has 0 amide bonds. The van der Waals surface area contributed by atoms with Gasteiger partial charge in [0.05, 0.1) is 5.57 Å². The third-order valence-electron chi connectivity index (χ3n) is 5.51. The van der Waals surface area contributed by atoms with Gasteiger partial charge in [0.1, 0.15) is 6.61 Å². The molecule has 4 nitrogen and oxygen atoms in total. The van der Waals surface area contributed by atoms with Gasteiger partial charge in [0.2, 0.25) is 0 Å². The maximum Gasteiger partial charge on any atom is 0.337 e. The predicted molar refractivity (Wildman–Crippen MR) is 111 cm³/mol. The molecule has 148 valence electrons. The van der Waals surface area contributed by atoms with Crippen molar-refractivity contribution in [3.05, 3.63) is 70.6 Å². The minimum absolute atomic E-state index is 0.0966. The molecule has 0 saturated heterocycles. The van der Waals surface area contributed by atoms with E-state index < -0.39 is 11.9 Å². The number of hydrogen-bond donors (Lipinski definition) is 1. The predicted octanol–water partition coefficient (Wildman–Crippen LogP) is 4.58. The lowest BCUT2D eigenvalue weighted by Crippen LogP contribution is -2.38. The van der Waals surface area contributed by atoms with Gasteiger partial charge < -0.3 is 10.1 Å². The molecule has 0 bridgehead atoms. The van der Waals surface area contributed by atoms with Gasteiger partial charge in [-0.1, -0.05) is 57.7 Å². The van der Waals surface area contributed by atoms with Crippen LogP contribution in [0.4, 0.5) is 0 Å². The molecule has 1 atom stereocenters. The highest BCUT2D eigenvalue weighted by Crippen LogP contribution is 2.46. The van der Waals surface area contributed by atoms with Crippen LogP contribution in [0.15, 0.2) is 59.5 Å². The number of ketones is 1. The SMILES string of the molecule is C=CCOC(=O)C1=C(C)NC2=C(C(=O)CC(C)(C)C2)C1c1ccc(CC)cc1. The normalized spacial score (nSPS) is 21.1. The van der Waals surface area contributed by atoms with Crippen molar-refractivity contribution in [1.82, 2.24) is 5.32 Å². The van der Waals surface area contributed by atoms with E-state index in [-0.39, 0.29) is 17.8 Å². The molecule has 1 heterocycles. The molecule has 4 heteroatoms. The first-order valence-electron chi connectivity index (χ1n) is 9.88. The fourth-order valence-electron chi connectivity index (χ4n) is 4.20. The van der Waals surface area contributed by atoms with E-state index in [1.165, 1.54) is 5.56 Å². The maximum atomic E-state index is 13.2. The average molecular weight is 380 g/mol. The molecule has 0 aromatic heterocycles. The van der Waals surface area contributed by atoms with Crippen LogP contribution in [0.5, 0.6) is 0 Å². The topological polar surface area (TPSA) is 55.4 Å². The molecule has 0 saturated carbocycles. The van der Waals surface area contributed by atoms with E-state index in [1.807, 2.05) is 19.1 Å². The van der Waals surface area contributed by atoms with Crippen molar-refractivity contribution in [3.8, 4) is 0 Å². The van der Waals surface area contributed by atoms with Crippen LogP contribution in [0, 0.1) is 5.41 Å². The first-order chi connectivity index (χ1) is 13.3. The molecule has 1 unspecified atom stereocenters. The molecule has 1 aromatic rings. The Morgan fingerprint density at radius 1 is 1.29 bits per heavy atom. The molecule has 0 spiro atoms. The van der Waals surface area contributed by atoms with Crippen LogP contribution in [0.1, 0.15) is 57.6 Å². The van der Waals surface area contributed by atoms with Crippen molar-refractivity contribution < 1.29 is 14.3 Å². The number of Topliss-reactive ketones (excluding diaryl/α,β-unsaturated/α-hetero) is 1. The summed E-state index contributed by atoms with van der Waals surface area (Å²) in [6.45, 7) is 12.0. The summed E-state index contributed by atoms with van der Waals surface area (Å²) in [7, 11) is 0. The van der Waals surface area contributed by atoms with Gasteiger partial charge in [0.25, 0.3) is 0 Å². The van der Waals surface area contributed by atoms with Crippen molar-refractivity contribution >= 4 is 11.8 Å². The smallest absolute Gasteiger partial charge is 0.337 e. The average Bonchev–Trinajstić information content (AvgIpc) is 2.64. The van der Waals surface area contributed by atoms with Gasteiger partial charge >= 0.3 is 5.97 Å². The zero-order valence-corrected chi connectivity index (χ0v) is 17.2. The number of aryl methyl sites for hydroxylation is 1. The Bertz CT molecular complexity index is 872. The van der Waals surface area contributed by atoms with Gasteiger partial charge in [-0.3, -0.25) is 4.79 Å². The molecule has 0 fully saturated rings. The highest BCUT2D eigenvalue weighted by atomic mass is 16.5. The van der Waals surface area contributed by atoms with E-state index in [0.717, 1.165) is 29.8 Å². The number of rotatable bonds is 5. The van der Waals surface area contributed by atoms with Crippen LogP contribution in [0.3, 0.4) is 0 Å². The quantitative estimate of drug-likeness (QED) is 0.601. The summed E-state index contributed by atoms with van der Waals surface area (Å²) in [6, 6.07) is 8.19. The monoisotopic (exact) mass is 379 g/mol. The molecule has 1 aliphatic heterocycles. The van der Waals surface area contributed by atoms with Crippen LogP contribution < -0.4 is 5.32 Å². The van der Waals surface area contributed by atoms with Gasteiger partial charge in [-0.15, -0.1) is 0 Å². The number of benzene rings is 1. The highest BCUT2D eigenvalue weighted by molar-refractivity contribution is 6.04. The maximum absolute atomic E-state index is 13.2. The Morgan fingerprint density at radius 3 is 2.57 bits per heavy atom. The molecular weight excluding hydrogens is 350 g/mol. The molecular formula is C24H29NO3. The first-order valence-corrected chi connectivity index (χ1v) is 9.88. The summed E-state index contributed by atoms with van der Waals surface area (Å²) in [5.41, 5.74) is 4.98. The Labute approximate surface area is 167 Å². The lowest BCUT2D eigenvalue weighted by atomic mass is 9.68. The minimum atomic E-state index is -0.404. The lowest BCUT2D eigenvalue weighted by molar-refractivity contribution is -0.138. The largest absolute Gasteiger partial charge is 0.458 e. The number of carbonyl (C=O) groups is 2. The van der Waals surface area contributed by atoms with E-state index in [4.69, 9.17) is 4.74 Å². The first kappa shape index (κ1) is 20.1. The zero-order valence-electron chi connectivity index (χ0n) is 17.2. The number of nitrogens with one attached hydrogen (secondary N) is 1. The molecule has 2 aliphatic rings. The standard InChI is InChI=1S/C24H29NO3/c1-6-12-28-23(27)20-15(3)25-18-13-24(4,5)14-19(26)22(18)21(20)17-10-8-16(7-2)9-11-17/h6,8-11,21,25H,1,7,12-14H2,2-5H3. The fraction of sp³-hybridized carbons (Fsp3) is 0.417. The van der Waals surface area contributed by atoms with Crippen molar-refractivity contribution in [3.63, 3.8) is 0 Å². The molecule has 28 heavy (non-hydrogen) atoms. The van der Waals surface area contributed by atoms with Crippen LogP contribution in [-0.2, 0) is 20.7 Å². The summed E-state index contributed by atoms with van der Waals surface area (Å²) in [4.78, 5) is 26.0. The Hall–Kier alpha value is -2.62. The van der Waals surface area contributed by atoms with E-state index >= 15 is 0 Å². The van der Waals surface area contributed by atoms with E-state index in [2.05, 4.69) is 44.8 Å². The number of ether oxygens (including phenoxy) is 1. The molecule has 3 rings (SSSR count). The number of hydrogen-bond acceptors (Lipinski definition) is 4. The molecule has 1 aromatic carbocycles. The summed E-state index contributed by atoms with van der Waals surface area (Å²) >= 11 is 0. The van der Waals surface area contributed by atoms with Gasteiger partial charge in [-0.05, 0) is 36.3 Å². The van der Waals surface area contributed by atoms with Crippen LogP contribution in [-0.4, -0.2) is 18.4 Å². The van der Waals surface area contributed by atoms with Crippen LogP contribution in [0.2, 0.25) is 0 Å². The summed E-state index contributed by atoms with van der Waals surface area (Å²) < 4.78 is 5.36. The molecule has 1 aliphatic carbocycles. The highest BCUT2D eigenvalue weighted by Gasteiger charge is 2.43. The zero-order chi connectivity index (χ0) is 20.5. The van der Waals surface area contributed by atoms with Gasteiger partial charge in [0.15, 0.2) is 5.78 Å². The summed E-state index contributed by atoms with van der Waals surface area (Å²) in [5.74, 6) is -0.702. The van der Waals surface area contributed by atoms with Crippen LogP contribution in [0.25, 0.3) is 0 Å². The van der Waals surface area contributed by atoms with Gasteiger partial charge in [0, 0.05) is 29.3 Å². The van der Waals surface area contributed by atoms with Crippen molar-refractivity contribution in [1.29, 1.82) is 0 Å².